The van der Waals surface area contributed by atoms with Crippen LogP contribution in [0.5, 0.6) is 11.5 Å². The Bertz CT molecular complexity index is 1140. The maximum Gasteiger partial charge on any atom is 0.416 e. The molecule has 0 N–H and O–H groups in total. The lowest BCUT2D eigenvalue weighted by atomic mass is 10.1. The topological polar surface area (TPSA) is 89.8 Å². The van der Waals surface area contributed by atoms with Crippen molar-refractivity contribution in [1.82, 2.24) is 4.90 Å². The lowest BCUT2D eigenvalue weighted by Gasteiger charge is -2.10. The molecule has 3 rings (SSSR count). The van der Waals surface area contributed by atoms with Crippen molar-refractivity contribution in [3.8, 4) is 23.8 Å². The highest BCUT2D eigenvalue weighted by Gasteiger charge is 2.35. The number of hydrogen-bond acceptors (Lipinski definition) is 6. The molecule has 11 heteroatoms. The largest absolute Gasteiger partial charge is 0.450 e. The van der Waals surface area contributed by atoms with E-state index in [2.05, 4.69) is 5.92 Å². The molecule has 0 aromatic heterocycles. The van der Waals surface area contributed by atoms with Crippen LogP contribution in [0, 0.1) is 22.5 Å². The summed E-state index contributed by atoms with van der Waals surface area (Å²) in [6.45, 7) is -0.138. The number of carbonyl (C=O) groups excluding carboxylic acids is 2. The van der Waals surface area contributed by atoms with Crippen molar-refractivity contribution in [3.63, 3.8) is 0 Å². The van der Waals surface area contributed by atoms with Gasteiger partial charge in [0.2, 0.25) is 5.75 Å². The van der Waals surface area contributed by atoms with Gasteiger partial charge in [-0.05, 0) is 47.7 Å². The highest BCUT2D eigenvalue weighted by atomic mass is 32.2. The van der Waals surface area contributed by atoms with E-state index in [-0.39, 0.29) is 22.9 Å². The molecule has 1 saturated heterocycles. The van der Waals surface area contributed by atoms with Crippen LogP contribution in [-0.2, 0) is 11.0 Å². The van der Waals surface area contributed by atoms with Gasteiger partial charge in [0.1, 0.15) is 5.75 Å². The van der Waals surface area contributed by atoms with Gasteiger partial charge in [-0.2, -0.15) is 13.2 Å². The van der Waals surface area contributed by atoms with Gasteiger partial charge in [0.05, 0.1) is 21.9 Å². The molecule has 158 valence electrons. The highest BCUT2D eigenvalue weighted by molar-refractivity contribution is 8.18. The zero-order chi connectivity index (χ0) is 22.8. The number of nitrogens with zero attached hydrogens (tertiary/aromatic N) is 2. The number of amides is 2. The van der Waals surface area contributed by atoms with E-state index in [1.165, 1.54) is 30.3 Å². The number of nitro groups is 1. The summed E-state index contributed by atoms with van der Waals surface area (Å²) in [6.07, 6.45) is 1.87. The first-order chi connectivity index (χ1) is 14.6. The number of thioether (sulfide) groups is 1. The van der Waals surface area contributed by atoms with Crippen LogP contribution in [0.15, 0.2) is 47.4 Å². The molecule has 2 aromatic rings. The minimum atomic E-state index is -4.73. The van der Waals surface area contributed by atoms with E-state index in [1.54, 1.807) is 0 Å². The SMILES string of the molecule is C#CCN1C(=O)S/C(=C\c2ccc(Oc3ccc(C(F)(F)F)cc3[N+](=O)[O-])cc2)C1=O. The summed E-state index contributed by atoms with van der Waals surface area (Å²) >= 11 is 0.737. The molecule has 0 unspecified atom stereocenters. The molecule has 0 radical (unpaired) electrons. The highest BCUT2D eigenvalue weighted by Crippen LogP contribution is 2.38. The molecular formula is C20H11F3N2O5S. The van der Waals surface area contributed by atoms with Crippen LogP contribution in [0.1, 0.15) is 11.1 Å². The predicted molar refractivity (Wildman–Crippen MR) is 106 cm³/mol. The summed E-state index contributed by atoms with van der Waals surface area (Å²) in [5, 5.41) is 10.7. The molecule has 0 atom stereocenters. The Morgan fingerprint density at radius 3 is 2.45 bits per heavy atom. The second-order valence-electron chi connectivity index (χ2n) is 6.08. The molecule has 0 bridgehead atoms. The fourth-order valence-corrected chi connectivity index (χ4v) is 3.40. The summed E-state index contributed by atoms with van der Waals surface area (Å²) in [6, 6.07) is 7.81. The third-order valence-electron chi connectivity index (χ3n) is 4.01. The zero-order valence-electron chi connectivity index (χ0n) is 15.4. The Morgan fingerprint density at radius 2 is 1.87 bits per heavy atom. The van der Waals surface area contributed by atoms with E-state index in [0.717, 1.165) is 22.7 Å². The van der Waals surface area contributed by atoms with Crippen LogP contribution in [0.25, 0.3) is 6.08 Å². The molecule has 0 aliphatic carbocycles. The molecule has 1 aliphatic heterocycles. The van der Waals surface area contributed by atoms with Gasteiger partial charge < -0.3 is 4.74 Å². The minimum Gasteiger partial charge on any atom is -0.450 e. The van der Waals surface area contributed by atoms with E-state index in [1.807, 2.05) is 0 Å². The Labute approximate surface area is 177 Å². The number of rotatable bonds is 5. The van der Waals surface area contributed by atoms with E-state index in [9.17, 15) is 32.9 Å². The number of nitro benzene ring substituents is 1. The number of ether oxygens (including phenoxy) is 1. The van der Waals surface area contributed by atoms with Crippen LogP contribution in [-0.4, -0.2) is 27.5 Å². The smallest absolute Gasteiger partial charge is 0.416 e. The number of terminal acetylenes is 1. The molecular weight excluding hydrogens is 437 g/mol. The molecule has 1 heterocycles. The Hall–Kier alpha value is -3.78. The van der Waals surface area contributed by atoms with Gasteiger partial charge in [-0.1, -0.05) is 18.1 Å². The van der Waals surface area contributed by atoms with Crippen LogP contribution in [0.3, 0.4) is 0 Å². The lowest BCUT2D eigenvalue weighted by Crippen LogP contribution is -2.28. The number of alkyl halides is 3. The van der Waals surface area contributed by atoms with Gasteiger partial charge >= 0.3 is 11.9 Å². The van der Waals surface area contributed by atoms with Gasteiger partial charge in [0.15, 0.2) is 0 Å². The average molecular weight is 448 g/mol. The van der Waals surface area contributed by atoms with Crippen molar-refractivity contribution >= 4 is 34.7 Å². The van der Waals surface area contributed by atoms with Crippen LogP contribution < -0.4 is 4.74 Å². The van der Waals surface area contributed by atoms with Gasteiger partial charge in [0.25, 0.3) is 11.1 Å². The second kappa shape index (κ2) is 8.53. The zero-order valence-corrected chi connectivity index (χ0v) is 16.2. The standard InChI is InChI=1S/C20H11F3N2O5S/c1-2-9-24-18(26)17(31-19(24)27)10-12-3-6-14(7-4-12)30-16-8-5-13(20(21,22)23)11-15(16)25(28)29/h1,3-8,10-11H,9H2/b17-10-. The van der Waals surface area contributed by atoms with Gasteiger partial charge in [-0.15, -0.1) is 6.42 Å². The molecule has 1 fully saturated rings. The molecule has 2 amide bonds. The van der Waals surface area contributed by atoms with E-state index < -0.39 is 33.5 Å². The third-order valence-corrected chi connectivity index (χ3v) is 4.92. The molecule has 2 aromatic carbocycles. The van der Waals surface area contributed by atoms with Crippen LogP contribution in [0.4, 0.5) is 23.7 Å². The molecule has 1 aliphatic rings. The normalized spacial score (nSPS) is 15.3. The molecule has 31 heavy (non-hydrogen) atoms. The number of benzene rings is 2. The van der Waals surface area contributed by atoms with E-state index in [4.69, 9.17) is 11.2 Å². The van der Waals surface area contributed by atoms with Gasteiger partial charge in [0, 0.05) is 6.07 Å². The molecule has 0 spiro atoms. The van der Waals surface area contributed by atoms with Crippen LogP contribution >= 0.6 is 11.8 Å². The lowest BCUT2D eigenvalue weighted by molar-refractivity contribution is -0.385. The number of halogens is 3. The maximum atomic E-state index is 12.8. The van der Waals surface area contributed by atoms with Crippen molar-refractivity contribution < 1.29 is 32.4 Å². The summed E-state index contributed by atoms with van der Waals surface area (Å²) in [5.41, 5.74) is -1.47. The number of carbonyl (C=O) groups is 2. The van der Waals surface area contributed by atoms with Crippen molar-refractivity contribution in [2.24, 2.45) is 0 Å². The van der Waals surface area contributed by atoms with E-state index >= 15 is 0 Å². The Balaban J connectivity index is 1.81. The first-order valence-corrected chi connectivity index (χ1v) is 9.24. The monoisotopic (exact) mass is 448 g/mol. The summed E-state index contributed by atoms with van der Waals surface area (Å²) < 4.78 is 43.7. The maximum absolute atomic E-state index is 12.8. The quantitative estimate of drug-likeness (QED) is 0.274. The number of hydrogen-bond donors (Lipinski definition) is 0. The van der Waals surface area contributed by atoms with Gasteiger partial charge in [-0.3, -0.25) is 24.6 Å². The fraction of sp³-hybridized carbons (Fsp3) is 0.100. The number of imide groups is 1. The fourth-order valence-electron chi connectivity index (χ4n) is 2.56. The van der Waals surface area contributed by atoms with E-state index in [0.29, 0.717) is 17.7 Å². The summed E-state index contributed by atoms with van der Waals surface area (Å²) in [7, 11) is 0. The Kier molecular flexibility index (Phi) is 6.03. The predicted octanol–water partition coefficient (Wildman–Crippen LogP) is 5.08. The molecule has 7 nitrogen and oxygen atoms in total. The average Bonchev–Trinajstić information content (AvgIpc) is 2.96. The first kappa shape index (κ1) is 21.9. The van der Waals surface area contributed by atoms with Crippen molar-refractivity contribution in [2.45, 2.75) is 6.18 Å². The Morgan fingerprint density at radius 1 is 1.19 bits per heavy atom. The minimum absolute atomic E-state index is 0.125. The van der Waals surface area contributed by atoms with Crippen LogP contribution in [0.2, 0.25) is 0 Å². The van der Waals surface area contributed by atoms with Crippen molar-refractivity contribution in [2.75, 3.05) is 6.54 Å². The second-order valence-corrected chi connectivity index (χ2v) is 7.07. The van der Waals surface area contributed by atoms with Crippen molar-refractivity contribution in [1.29, 1.82) is 0 Å². The summed E-state index contributed by atoms with van der Waals surface area (Å²) in [4.78, 5) is 35.2. The summed E-state index contributed by atoms with van der Waals surface area (Å²) in [5.74, 6) is 1.47. The van der Waals surface area contributed by atoms with Crippen molar-refractivity contribution in [3.05, 3.63) is 68.6 Å². The van der Waals surface area contributed by atoms with Gasteiger partial charge in [-0.25, -0.2) is 0 Å². The molecule has 0 saturated carbocycles. The third kappa shape index (κ3) is 4.87. The first-order valence-electron chi connectivity index (χ1n) is 8.42.